The number of ether oxygens (including phenoxy) is 1. The van der Waals surface area contributed by atoms with Gasteiger partial charge in [-0.3, -0.25) is 0 Å². The van der Waals surface area contributed by atoms with E-state index >= 15 is 0 Å². The van der Waals surface area contributed by atoms with Gasteiger partial charge in [-0.2, -0.15) is 0 Å². The number of nitrogens with one attached hydrogen (secondary N) is 1. The zero-order chi connectivity index (χ0) is 16.1. The SMILES string of the molecule is Cc1cc(OC(C)C)cc(C)c1C(O)CCN1CCNCC1. The molecule has 1 heterocycles. The fraction of sp³-hybridized carbons (Fsp3) is 0.667. The van der Waals surface area contributed by atoms with E-state index in [4.69, 9.17) is 4.74 Å². The highest BCUT2D eigenvalue weighted by Gasteiger charge is 2.17. The lowest BCUT2D eigenvalue weighted by Gasteiger charge is -2.28. The molecule has 1 aliphatic heterocycles. The molecule has 1 atom stereocenters. The van der Waals surface area contributed by atoms with Gasteiger partial charge < -0.3 is 20.1 Å². The molecule has 1 saturated heterocycles. The molecule has 4 nitrogen and oxygen atoms in total. The molecule has 22 heavy (non-hydrogen) atoms. The predicted molar refractivity (Wildman–Crippen MR) is 90.6 cm³/mol. The molecule has 0 aromatic heterocycles. The molecular formula is C18H30N2O2. The summed E-state index contributed by atoms with van der Waals surface area (Å²) in [6.07, 6.45) is 0.553. The Balaban J connectivity index is 2.00. The summed E-state index contributed by atoms with van der Waals surface area (Å²) >= 11 is 0. The van der Waals surface area contributed by atoms with Crippen molar-refractivity contribution in [1.82, 2.24) is 10.2 Å². The van der Waals surface area contributed by atoms with Gasteiger partial charge in [-0.1, -0.05) is 0 Å². The third kappa shape index (κ3) is 4.70. The highest BCUT2D eigenvalue weighted by Crippen LogP contribution is 2.29. The minimum absolute atomic E-state index is 0.169. The maximum atomic E-state index is 10.6. The summed E-state index contributed by atoms with van der Waals surface area (Å²) in [7, 11) is 0. The first-order valence-corrected chi connectivity index (χ1v) is 8.36. The Morgan fingerprint density at radius 1 is 1.18 bits per heavy atom. The second kappa shape index (κ2) is 7.95. The van der Waals surface area contributed by atoms with Crippen molar-refractivity contribution in [3.8, 4) is 5.75 Å². The van der Waals surface area contributed by atoms with Crippen molar-refractivity contribution in [2.24, 2.45) is 0 Å². The first-order chi connectivity index (χ1) is 10.5. The van der Waals surface area contributed by atoms with Gasteiger partial charge in [-0.05, 0) is 62.9 Å². The van der Waals surface area contributed by atoms with Gasteiger partial charge in [0.2, 0.25) is 0 Å². The molecule has 1 unspecified atom stereocenters. The molecule has 0 amide bonds. The third-order valence-electron chi connectivity index (χ3n) is 4.20. The van der Waals surface area contributed by atoms with Gasteiger partial charge in [0.25, 0.3) is 0 Å². The van der Waals surface area contributed by atoms with Gasteiger partial charge in [0.1, 0.15) is 5.75 Å². The first kappa shape index (κ1) is 17.3. The van der Waals surface area contributed by atoms with Gasteiger partial charge in [0, 0.05) is 32.7 Å². The minimum Gasteiger partial charge on any atom is -0.491 e. The number of aliphatic hydroxyl groups is 1. The molecule has 124 valence electrons. The molecule has 1 aromatic carbocycles. The van der Waals surface area contributed by atoms with Crippen LogP contribution in [0, 0.1) is 13.8 Å². The summed E-state index contributed by atoms with van der Waals surface area (Å²) in [6.45, 7) is 13.4. The first-order valence-electron chi connectivity index (χ1n) is 8.36. The monoisotopic (exact) mass is 306 g/mol. The highest BCUT2D eigenvalue weighted by atomic mass is 16.5. The summed E-state index contributed by atoms with van der Waals surface area (Å²) in [5, 5.41) is 14.0. The van der Waals surface area contributed by atoms with E-state index in [9.17, 15) is 5.11 Å². The number of nitrogens with zero attached hydrogens (tertiary/aromatic N) is 1. The molecule has 4 heteroatoms. The van der Waals surface area contributed by atoms with Crippen molar-refractivity contribution in [3.05, 3.63) is 28.8 Å². The third-order valence-corrected chi connectivity index (χ3v) is 4.20. The van der Waals surface area contributed by atoms with Crippen LogP contribution in [0.15, 0.2) is 12.1 Å². The summed E-state index contributed by atoms with van der Waals surface area (Å²) in [6, 6.07) is 4.08. The summed E-state index contributed by atoms with van der Waals surface area (Å²) < 4.78 is 5.77. The van der Waals surface area contributed by atoms with Crippen LogP contribution in [0.1, 0.15) is 43.1 Å². The summed E-state index contributed by atoms with van der Waals surface area (Å²) in [5.41, 5.74) is 3.29. The molecule has 0 saturated carbocycles. The van der Waals surface area contributed by atoms with Crippen molar-refractivity contribution in [1.29, 1.82) is 0 Å². The van der Waals surface area contributed by atoms with Gasteiger partial charge >= 0.3 is 0 Å². The predicted octanol–water partition coefficient (Wildman–Crippen LogP) is 2.42. The van der Waals surface area contributed by atoms with Gasteiger partial charge in [0.05, 0.1) is 12.2 Å². The Morgan fingerprint density at radius 2 is 1.77 bits per heavy atom. The fourth-order valence-electron chi connectivity index (χ4n) is 3.18. The van der Waals surface area contributed by atoms with E-state index in [1.54, 1.807) is 0 Å². The van der Waals surface area contributed by atoms with E-state index in [2.05, 4.69) is 24.1 Å². The number of aliphatic hydroxyl groups excluding tert-OH is 1. The second-order valence-electron chi connectivity index (χ2n) is 6.53. The van der Waals surface area contributed by atoms with Gasteiger partial charge in [-0.15, -0.1) is 0 Å². The van der Waals surface area contributed by atoms with Crippen molar-refractivity contribution < 1.29 is 9.84 Å². The van der Waals surface area contributed by atoms with Crippen LogP contribution in [0.5, 0.6) is 5.75 Å². The largest absolute Gasteiger partial charge is 0.491 e. The molecule has 0 bridgehead atoms. The summed E-state index contributed by atoms with van der Waals surface area (Å²) in [4.78, 5) is 2.42. The topological polar surface area (TPSA) is 44.7 Å². The molecule has 2 N–H and O–H groups in total. The Kier molecular flexibility index (Phi) is 6.24. The smallest absolute Gasteiger partial charge is 0.120 e. The molecule has 1 aliphatic rings. The Hall–Kier alpha value is -1.10. The number of hydrogen-bond donors (Lipinski definition) is 2. The van der Waals surface area contributed by atoms with Crippen LogP contribution >= 0.6 is 0 Å². The van der Waals surface area contributed by atoms with Crippen molar-refractivity contribution in [2.45, 2.75) is 46.3 Å². The van der Waals surface area contributed by atoms with Crippen molar-refractivity contribution in [3.63, 3.8) is 0 Å². The average Bonchev–Trinajstić information content (AvgIpc) is 2.44. The molecular weight excluding hydrogens is 276 g/mol. The normalized spacial score (nSPS) is 17.7. The van der Waals surface area contributed by atoms with E-state index in [1.807, 2.05) is 26.0 Å². The maximum Gasteiger partial charge on any atom is 0.120 e. The highest BCUT2D eigenvalue weighted by molar-refractivity contribution is 5.42. The lowest BCUT2D eigenvalue weighted by atomic mass is 9.95. The molecule has 0 spiro atoms. The number of aryl methyl sites for hydroxylation is 2. The van der Waals surface area contributed by atoms with Gasteiger partial charge in [-0.25, -0.2) is 0 Å². The van der Waals surface area contributed by atoms with Gasteiger partial charge in [0.15, 0.2) is 0 Å². The average molecular weight is 306 g/mol. The van der Waals surface area contributed by atoms with Crippen LogP contribution in [0.3, 0.4) is 0 Å². The zero-order valence-electron chi connectivity index (χ0n) is 14.4. The van der Waals surface area contributed by atoms with Crippen LogP contribution < -0.4 is 10.1 Å². The standard InChI is InChI=1S/C18H30N2O2/c1-13(2)22-16-11-14(3)18(15(4)12-16)17(21)5-8-20-9-6-19-7-10-20/h11-13,17,19,21H,5-10H2,1-4H3. The molecule has 1 fully saturated rings. The van der Waals surface area contributed by atoms with Crippen LogP contribution in [0.25, 0.3) is 0 Å². The number of rotatable bonds is 6. The van der Waals surface area contributed by atoms with Crippen LogP contribution in [0.2, 0.25) is 0 Å². The maximum absolute atomic E-state index is 10.6. The summed E-state index contributed by atoms with van der Waals surface area (Å²) in [5.74, 6) is 0.892. The molecule has 0 radical (unpaired) electrons. The number of piperazine rings is 1. The second-order valence-corrected chi connectivity index (χ2v) is 6.53. The van der Waals surface area contributed by atoms with Crippen LogP contribution in [0.4, 0.5) is 0 Å². The lowest BCUT2D eigenvalue weighted by Crippen LogP contribution is -2.44. The molecule has 0 aliphatic carbocycles. The van der Waals surface area contributed by atoms with Crippen LogP contribution in [-0.2, 0) is 0 Å². The van der Waals surface area contributed by atoms with Crippen molar-refractivity contribution >= 4 is 0 Å². The minimum atomic E-state index is -0.400. The van der Waals surface area contributed by atoms with Crippen LogP contribution in [-0.4, -0.2) is 48.8 Å². The number of hydrogen-bond acceptors (Lipinski definition) is 4. The van der Waals surface area contributed by atoms with E-state index in [-0.39, 0.29) is 6.10 Å². The fourth-order valence-corrected chi connectivity index (χ4v) is 3.18. The quantitative estimate of drug-likeness (QED) is 0.847. The lowest BCUT2D eigenvalue weighted by molar-refractivity contribution is 0.135. The van der Waals surface area contributed by atoms with E-state index < -0.39 is 6.10 Å². The molecule has 1 aromatic rings. The Bertz CT molecular complexity index is 459. The number of benzene rings is 1. The molecule has 2 rings (SSSR count). The zero-order valence-corrected chi connectivity index (χ0v) is 14.4. The van der Waals surface area contributed by atoms with E-state index in [0.29, 0.717) is 0 Å². The van der Waals surface area contributed by atoms with E-state index in [1.165, 1.54) is 0 Å². The Labute approximate surface area is 134 Å². The Morgan fingerprint density at radius 3 is 2.32 bits per heavy atom. The van der Waals surface area contributed by atoms with E-state index in [0.717, 1.165) is 61.6 Å². The van der Waals surface area contributed by atoms with Crippen molar-refractivity contribution in [2.75, 3.05) is 32.7 Å².